The van der Waals surface area contributed by atoms with Crippen molar-refractivity contribution in [2.75, 3.05) is 19.7 Å². The SMILES string of the molecule is CCOC(=O)C1=C(N2CC(C)OC(C)C2)OC(=Cc2c[nH]c3ncccc23)C1=O. The van der Waals surface area contributed by atoms with Gasteiger partial charge in [0, 0.05) is 36.4 Å². The van der Waals surface area contributed by atoms with E-state index in [4.69, 9.17) is 14.2 Å². The molecule has 4 heterocycles. The summed E-state index contributed by atoms with van der Waals surface area (Å²) in [5, 5.41) is 0.858. The lowest BCUT2D eigenvalue weighted by molar-refractivity contribution is -0.139. The van der Waals surface area contributed by atoms with Gasteiger partial charge in [0.25, 0.3) is 0 Å². The number of allylic oxidation sites excluding steroid dienone is 1. The van der Waals surface area contributed by atoms with Gasteiger partial charge in [-0.3, -0.25) is 4.79 Å². The van der Waals surface area contributed by atoms with E-state index < -0.39 is 11.8 Å². The third-order valence-electron chi connectivity index (χ3n) is 4.83. The molecule has 0 radical (unpaired) electrons. The standard InChI is InChI=1S/C21H23N3O5/c1-4-27-21(26)17-18(25)16(8-14-9-23-19-15(14)6-5-7-22-19)29-20(17)24-10-12(2)28-13(3)11-24/h5-9,12-13H,4,10-11H2,1-3H3,(H,22,23). The third kappa shape index (κ3) is 3.63. The number of carbonyl (C=O) groups excluding carboxylic acids is 2. The maximum atomic E-state index is 13.1. The second kappa shape index (κ2) is 7.71. The Labute approximate surface area is 168 Å². The van der Waals surface area contributed by atoms with Gasteiger partial charge in [0.05, 0.1) is 18.8 Å². The van der Waals surface area contributed by atoms with E-state index >= 15 is 0 Å². The highest BCUT2D eigenvalue weighted by Crippen LogP contribution is 2.32. The summed E-state index contributed by atoms with van der Waals surface area (Å²) in [5.41, 5.74) is 1.39. The molecule has 2 atom stereocenters. The van der Waals surface area contributed by atoms with E-state index in [0.717, 1.165) is 10.9 Å². The van der Waals surface area contributed by atoms with Crippen LogP contribution in [-0.4, -0.2) is 58.5 Å². The molecule has 1 fully saturated rings. The number of esters is 1. The molecule has 1 saturated heterocycles. The molecule has 0 aromatic carbocycles. The average Bonchev–Trinajstić information content (AvgIpc) is 3.23. The van der Waals surface area contributed by atoms with Crippen molar-refractivity contribution in [1.29, 1.82) is 0 Å². The number of carbonyl (C=O) groups is 2. The summed E-state index contributed by atoms with van der Waals surface area (Å²) in [6.07, 6.45) is 4.96. The van der Waals surface area contributed by atoms with Gasteiger partial charge in [0.1, 0.15) is 5.65 Å². The van der Waals surface area contributed by atoms with Crippen molar-refractivity contribution in [2.24, 2.45) is 0 Å². The molecule has 2 aliphatic heterocycles. The number of Topliss-reactive ketones (excluding diaryl/α,β-unsaturated/α-hetero) is 1. The predicted octanol–water partition coefficient (Wildman–Crippen LogP) is 2.39. The zero-order chi connectivity index (χ0) is 20.5. The Morgan fingerprint density at radius 1 is 1.38 bits per heavy atom. The largest absolute Gasteiger partial charge is 0.462 e. The summed E-state index contributed by atoms with van der Waals surface area (Å²) in [5.74, 6) is -0.842. The first kappa shape index (κ1) is 19.2. The summed E-state index contributed by atoms with van der Waals surface area (Å²) in [6, 6.07) is 3.72. The number of pyridine rings is 1. The van der Waals surface area contributed by atoms with Crippen molar-refractivity contribution >= 4 is 28.9 Å². The molecule has 0 saturated carbocycles. The maximum absolute atomic E-state index is 13.1. The molecule has 2 aromatic rings. The Balaban J connectivity index is 1.71. The second-order valence-corrected chi connectivity index (χ2v) is 7.15. The molecule has 1 N–H and O–H groups in total. The van der Waals surface area contributed by atoms with Gasteiger partial charge >= 0.3 is 5.97 Å². The van der Waals surface area contributed by atoms with Crippen LogP contribution in [-0.2, 0) is 23.8 Å². The van der Waals surface area contributed by atoms with Gasteiger partial charge in [-0.2, -0.15) is 0 Å². The molecular formula is C21H23N3O5. The van der Waals surface area contributed by atoms with E-state index in [1.54, 1.807) is 25.4 Å². The van der Waals surface area contributed by atoms with Crippen molar-refractivity contribution in [3.63, 3.8) is 0 Å². The van der Waals surface area contributed by atoms with Crippen LogP contribution in [0.3, 0.4) is 0 Å². The van der Waals surface area contributed by atoms with E-state index in [9.17, 15) is 9.59 Å². The number of rotatable bonds is 4. The normalized spacial score (nSPS) is 23.8. The summed E-state index contributed by atoms with van der Waals surface area (Å²) < 4.78 is 16.8. The minimum atomic E-state index is -0.678. The van der Waals surface area contributed by atoms with Crippen molar-refractivity contribution < 1.29 is 23.8 Å². The topological polar surface area (TPSA) is 93.8 Å². The fourth-order valence-electron chi connectivity index (χ4n) is 3.70. The van der Waals surface area contributed by atoms with E-state index in [0.29, 0.717) is 18.7 Å². The molecule has 0 aliphatic carbocycles. The summed E-state index contributed by atoms with van der Waals surface area (Å²) in [6.45, 7) is 6.79. The van der Waals surface area contributed by atoms with Gasteiger partial charge in [-0.05, 0) is 39.0 Å². The molecule has 4 rings (SSSR count). The maximum Gasteiger partial charge on any atom is 0.347 e. The van der Waals surface area contributed by atoms with Crippen molar-refractivity contribution in [1.82, 2.24) is 14.9 Å². The van der Waals surface area contributed by atoms with E-state index in [2.05, 4.69) is 9.97 Å². The first-order valence-corrected chi connectivity index (χ1v) is 9.66. The fraction of sp³-hybridized carbons (Fsp3) is 0.381. The van der Waals surface area contributed by atoms with Gasteiger partial charge in [-0.25, -0.2) is 9.78 Å². The number of fused-ring (bicyclic) bond motifs is 1. The van der Waals surface area contributed by atoms with Crippen LogP contribution in [0, 0.1) is 0 Å². The third-order valence-corrected chi connectivity index (χ3v) is 4.83. The highest BCUT2D eigenvalue weighted by Gasteiger charge is 2.41. The molecule has 8 nitrogen and oxygen atoms in total. The number of aromatic amines is 1. The van der Waals surface area contributed by atoms with Crippen LogP contribution in [0.25, 0.3) is 17.1 Å². The van der Waals surface area contributed by atoms with Gasteiger partial charge in [0.15, 0.2) is 11.3 Å². The van der Waals surface area contributed by atoms with E-state index in [-0.39, 0.29) is 36.0 Å². The summed E-state index contributed by atoms with van der Waals surface area (Å²) >= 11 is 0. The minimum absolute atomic E-state index is 0.0545. The first-order chi connectivity index (χ1) is 14.0. The first-order valence-electron chi connectivity index (χ1n) is 9.66. The number of aromatic nitrogens is 2. The average molecular weight is 397 g/mol. The van der Waals surface area contributed by atoms with E-state index in [1.165, 1.54) is 0 Å². The minimum Gasteiger partial charge on any atom is -0.462 e. The zero-order valence-electron chi connectivity index (χ0n) is 16.6. The molecule has 2 aliphatic rings. The highest BCUT2D eigenvalue weighted by molar-refractivity contribution is 6.26. The molecule has 8 heteroatoms. The van der Waals surface area contributed by atoms with Gasteiger partial charge in [-0.1, -0.05) is 0 Å². The zero-order valence-corrected chi connectivity index (χ0v) is 16.6. The second-order valence-electron chi connectivity index (χ2n) is 7.15. The smallest absolute Gasteiger partial charge is 0.347 e. The molecule has 0 spiro atoms. The van der Waals surface area contributed by atoms with Crippen LogP contribution in [0.5, 0.6) is 0 Å². The number of nitrogens with zero attached hydrogens (tertiary/aromatic N) is 2. The van der Waals surface area contributed by atoms with Gasteiger partial charge in [0.2, 0.25) is 11.7 Å². The number of nitrogens with one attached hydrogen (secondary N) is 1. The molecule has 2 unspecified atom stereocenters. The van der Waals surface area contributed by atoms with Crippen LogP contribution >= 0.6 is 0 Å². The highest BCUT2D eigenvalue weighted by atomic mass is 16.5. The Kier molecular flexibility index (Phi) is 5.10. The predicted molar refractivity (Wildman–Crippen MR) is 105 cm³/mol. The van der Waals surface area contributed by atoms with Crippen molar-refractivity contribution in [3.8, 4) is 0 Å². The molecule has 0 bridgehead atoms. The molecule has 2 aromatic heterocycles. The Morgan fingerprint density at radius 2 is 2.14 bits per heavy atom. The lowest BCUT2D eigenvalue weighted by Gasteiger charge is -2.36. The summed E-state index contributed by atoms with van der Waals surface area (Å²) in [4.78, 5) is 34.8. The lowest BCUT2D eigenvalue weighted by Crippen LogP contribution is -2.45. The number of morpholine rings is 1. The lowest BCUT2D eigenvalue weighted by atomic mass is 10.1. The number of H-pyrrole nitrogens is 1. The van der Waals surface area contributed by atoms with Crippen LogP contribution < -0.4 is 0 Å². The fourth-order valence-corrected chi connectivity index (χ4v) is 3.70. The Morgan fingerprint density at radius 3 is 2.86 bits per heavy atom. The van der Waals surface area contributed by atoms with Crippen LogP contribution in [0.1, 0.15) is 26.3 Å². The van der Waals surface area contributed by atoms with Crippen molar-refractivity contribution in [2.45, 2.75) is 33.0 Å². The summed E-state index contributed by atoms with van der Waals surface area (Å²) in [7, 11) is 0. The van der Waals surface area contributed by atoms with Gasteiger partial charge < -0.3 is 24.1 Å². The van der Waals surface area contributed by atoms with E-state index in [1.807, 2.05) is 30.9 Å². The van der Waals surface area contributed by atoms with Crippen LogP contribution in [0.15, 0.2) is 41.7 Å². The quantitative estimate of drug-likeness (QED) is 0.481. The number of ketones is 1. The number of hydrogen-bond acceptors (Lipinski definition) is 7. The number of hydrogen-bond donors (Lipinski definition) is 1. The van der Waals surface area contributed by atoms with Crippen molar-refractivity contribution in [3.05, 3.63) is 47.3 Å². The number of ether oxygens (including phenoxy) is 3. The molecular weight excluding hydrogens is 374 g/mol. The van der Waals surface area contributed by atoms with Crippen LogP contribution in [0.2, 0.25) is 0 Å². The Bertz CT molecular complexity index is 1010. The Hall–Kier alpha value is -3.13. The molecule has 152 valence electrons. The molecule has 0 amide bonds. The van der Waals surface area contributed by atoms with Gasteiger partial charge in [-0.15, -0.1) is 0 Å². The monoisotopic (exact) mass is 397 g/mol. The molecule has 29 heavy (non-hydrogen) atoms. The van der Waals surface area contributed by atoms with Crippen LogP contribution in [0.4, 0.5) is 0 Å².